The van der Waals surface area contributed by atoms with E-state index >= 15 is 0 Å². The van der Waals surface area contributed by atoms with Crippen LogP contribution >= 0.6 is 0 Å². The first-order chi connectivity index (χ1) is 14.4. The summed E-state index contributed by atoms with van der Waals surface area (Å²) in [6, 6.07) is 2.30. The highest BCUT2D eigenvalue weighted by atomic mass is 19.1. The van der Waals surface area contributed by atoms with E-state index in [1.165, 1.54) is 18.0 Å². The topological polar surface area (TPSA) is 105 Å². The third kappa shape index (κ3) is 4.02. The SMILES string of the molecule is CC(=O)NC[C@H]1CN(c2cc(F)c(N3CCC(n4ncnn4)CC3)c(F)c2)C(=O)O1. The van der Waals surface area contributed by atoms with Crippen LogP contribution in [0.15, 0.2) is 18.5 Å². The molecule has 0 unspecified atom stereocenters. The molecule has 4 rings (SSSR count). The molecule has 2 aliphatic heterocycles. The Balaban J connectivity index is 1.45. The van der Waals surface area contributed by atoms with Crippen molar-refractivity contribution in [3.05, 3.63) is 30.1 Å². The van der Waals surface area contributed by atoms with Gasteiger partial charge in [0.1, 0.15) is 11.8 Å². The van der Waals surface area contributed by atoms with Crippen LogP contribution < -0.4 is 15.1 Å². The number of rotatable bonds is 5. The fourth-order valence-electron chi connectivity index (χ4n) is 3.77. The highest BCUT2D eigenvalue weighted by Gasteiger charge is 2.34. The maximum Gasteiger partial charge on any atom is 0.414 e. The van der Waals surface area contributed by atoms with E-state index in [1.807, 2.05) is 0 Å². The standard InChI is InChI=1S/C18H21F2N7O3/c1-11(28)21-8-14-9-26(18(29)30-14)13-6-15(19)17(16(20)7-13)25-4-2-12(3-5-25)27-23-10-22-24-27/h6-7,10,12,14H,2-5,8-9H2,1H3,(H,21,28)/t14-/m0/s1. The van der Waals surface area contributed by atoms with E-state index in [1.54, 1.807) is 4.90 Å². The summed E-state index contributed by atoms with van der Waals surface area (Å²) < 4.78 is 34.8. The summed E-state index contributed by atoms with van der Waals surface area (Å²) in [7, 11) is 0. The molecule has 160 valence electrons. The highest BCUT2D eigenvalue weighted by Crippen LogP contribution is 2.33. The number of tetrazole rings is 1. The molecular weight excluding hydrogens is 400 g/mol. The lowest BCUT2D eigenvalue weighted by atomic mass is 10.0. The van der Waals surface area contributed by atoms with Crippen LogP contribution in [-0.2, 0) is 9.53 Å². The van der Waals surface area contributed by atoms with Crippen LogP contribution in [0.25, 0.3) is 0 Å². The molecule has 2 aromatic rings. The molecule has 10 nitrogen and oxygen atoms in total. The van der Waals surface area contributed by atoms with Crippen molar-refractivity contribution in [3.63, 3.8) is 0 Å². The first-order valence-corrected chi connectivity index (χ1v) is 9.61. The van der Waals surface area contributed by atoms with Gasteiger partial charge in [-0.05, 0) is 18.1 Å². The lowest BCUT2D eigenvalue weighted by Gasteiger charge is -2.33. The number of carbonyl (C=O) groups excluding carboxylic acids is 2. The number of piperidine rings is 1. The Hall–Kier alpha value is -3.31. The fourth-order valence-corrected chi connectivity index (χ4v) is 3.77. The summed E-state index contributed by atoms with van der Waals surface area (Å²) in [4.78, 5) is 27.4. The quantitative estimate of drug-likeness (QED) is 0.775. The Bertz CT molecular complexity index is 909. The fraction of sp³-hybridized carbons (Fsp3) is 0.500. The second-order valence-corrected chi connectivity index (χ2v) is 7.29. The molecule has 2 amide bonds. The van der Waals surface area contributed by atoms with Gasteiger partial charge in [-0.2, -0.15) is 4.80 Å². The van der Waals surface area contributed by atoms with E-state index in [0.29, 0.717) is 25.9 Å². The number of amides is 2. The van der Waals surface area contributed by atoms with Gasteiger partial charge in [0.05, 0.1) is 24.8 Å². The molecule has 1 atom stereocenters. The molecule has 12 heteroatoms. The lowest BCUT2D eigenvalue weighted by Crippen LogP contribution is -2.36. The zero-order chi connectivity index (χ0) is 21.3. The summed E-state index contributed by atoms with van der Waals surface area (Å²) in [6.45, 7) is 2.45. The zero-order valence-electron chi connectivity index (χ0n) is 16.3. The van der Waals surface area contributed by atoms with Crippen LogP contribution in [0, 0.1) is 11.6 Å². The minimum atomic E-state index is -0.750. The van der Waals surface area contributed by atoms with Crippen LogP contribution in [0.3, 0.4) is 0 Å². The van der Waals surface area contributed by atoms with Crippen LogP contribution in [0.2, 0.25) is 0 Å². The second kappa shape index (κ2) is 8.20. The zero-order valence-corrected chi connectivity index (χ0v) is 16.3. The van der Waals surface area contributed by atoms with Crippen LogP contribution in [-0.4, -0.2) is 64.5 Å². The molecular formula is C18H21F2N7O3. The maximum absolute atomic E-state index is 14.8. The molecule has 0 radical (unpaired) electrons. The molecule has 3 heterocycles. The summed E-state index contributed by atoms with van der Waals surface area (Å²) in [5.74, 6) is -1.75. The van der Waals surface area contributed by atoms with E-state index < -0.39 is 23.8 Å². The Labute approximate surface area is 170 Å². The van der Waals surface area contributed by atoms with Crippen molar-refractivity contribution in [1.82, 2.24) is 25.5 Å². The number of cyclic esters (lactones) is 1. The van der Waals surface area contributed by atoms with Gasteiger partial charge >= 0.3 is 6.09 Å². The smallest absolute Gasteiger partial charge is 0.414 e. The van der Waals surface area contributed by atoms with Crippen LogP contribution in [0.4, 0.5) is 25.0 Å². The average Bonchev–Trinajstić information content (AvgIpc) is 3.36. The molecule has 2 fully saturated rings. The van der Waals surface area contributed by atoms with E-state index in [4.69, 9.17) is 4.74 Å². The van der Waals surface area contributed by atoms with Gasteiger partial charge in [-0.1, -0.05) is 0 Å². The van der Waals surface area contributed by atoms with Crippen LogP contribution in [0.1, 0.15) is 25.8 Å². The molecule has 0 bridgehead atoms. The minimum absolute atomic E-state index is 0.0362. The van der Waals surface area contributed by atoms with Gasteiger partial charge in [0.25, 0.3) is 0 Å². The van der Waals surface area contributed by atoms with Crippen molar-refractivity contribution in [2.75, 3.05) is 36.0 Å². The van der Waals surface area contributed by atoms with Crippen molar-refractivity contribution >= 4 is 23.4 Å². The molecule has 1 aromatic heterocycles. The van der Waals surface area contributed by atoms with Crippen molar-refractivity contribution < 1.29 is 23.1 Å². The van der Waals surface area contributed by atoms with Gasteiger partial charge in [-0.25, -0.2) is 13.6 Å². The first kappa shape index (κ1) is 20.0. The maximum atomic E-state index is 14.8. The van der Waals surface area contributed by atoms with Crippen molar-refractivity contribution in [1.29, 1.82) is 0 Å². The van der Waals surface area contributed by atoms with Gasteiger partial charge in [0.2, 0.25) is 5.91 Å². The predicted molar refractivity (Wildman–Crippen MR) is 101 cm³/mol. The Morgan fingerprint density at radius 3 is 2.57 bits per heavy atom. The van der Waals surface area contributed by atoms with Crippen molar-refractivity contribution in [2.24, 2.45) is 0 Å². The minimum Gasteiger partial charge on any atom is -0.442 e. The molecule has 2 saturated heterocycles. The van der Waals surface area contributed by atoms with Gasteiger partial charge in [-0.15, -0.1) is 10.2 Å². The monoisotopic (exact) mass is 421 g/mol. The Kier molecular flexibility index (Phi) is 5.46. The number of hydrogen-bond acceptors (Lipinski definition) is 7. The van der Waals surface area contributed by atoms with Gasteiger partial charge in [0, 0.05) is 32.1 Å². The summed E-state index contributed by atoms with van der Waals surface area (Å²) in [5, 5.41) is 14.1. The summed E-state index contributed by atoms with van der Waals surface area (Å²) in [6.07, 6.45) is 1.31. The molecule has 1 N–H and O–H groups in total. The molecule has 1 aromatic carbocycles. The number of halogens is 2. The first-order valence-electron chi connectivity index (χ1n) is 9.61. The number of ether oxygens (including phenoxy) is 1. The van der Waals surface area contributed by atoms with Crippen molar-refractivity contribution in [2.45, 2.75) is 31.9 Å². The molecule has 30 heavy (non-hydrogen) atoms. The third-order valence-electron chi connectivity index (χ3n) is 5.24. The third-order valence-corrected chi connectivity index (χ3v) is 5.24. The molecule has 0 spiro atoms. The molecule has 0 aliphatic carbocycles. The number of carbonyl (C=O) groups is 2. The molecule has 0 saturated carbocycles. The van der Waals surface area contributed by atoms with E-state index in [2.05, 4.69) is 20.7 Å². The second-order valence-electron chi connectivity index (χ2n) is 7.29. The predicted octanol–water partition coefficient (Wildman–Crippen LogP) is 1.25. The van der Waals surface area contributed by atoms with E-state index in [9.17, 15) is 18.4 Å². The number of anilines is 2. The largest absolute Gasteiger partial charge is 0.442 e. The van der Waals surface area contributed by atoms with Crippen molar-refractivity contribution in [3.8, 4) is 0 Å². The highest BCUT2D eigenvalue weighted by molar-refractivity contribution is 5.90. The number of nitrogens with one attached hydrogen (secondary N) is 1. The number of hydrogen-bond donors (Lipinski definition) is 1. The number of nitrogens with zero attached hydrogens (tertiary/aromatic N) is 6. The van der Waals surface area contributed by atoms with E-state index in [-0.39, 0.29) is 36.4 Å². The number of benzene rings is 1. The number of aromatic nitrogens is 4. The Morgan fingerprint density at radius 1 is 1.27 bits per heavy atom. The Morgan fingerprint density at radius 2 is 1.97 bits per heavy atom. The normalized spacial score (nSPS) is 19.8. The average molecular weight is 421 g/mol. The summed E-state index contributed by atoms with van der Waals surface area (Å²) in [5.41, 5.74) is -0.0445. The van der Waals surface area contributed by atoms with Gasteiger partial charge in [0.15, 0.2) is 18.0 Å². The van der Waals surface area contributed by atoms with E-state index in [0.717, 1.165) is 17.0 Å². The lowest BCUT2D eigenvalue weighted by molar-refractivity contribution is -0.119. The van der Waals surface area contributed by atoms with Gasteiger partial charge in [-0.3, -0.25) is 9.69 Å². The van der Waals surface area contributed by atoms with Gasteiger partial charge < -0.3 is 15.0 Å². The van der Waals surface area contributed by atoms with Crippen LogP contribution in [0.5, 0.6) is 0 Å². The molecule has 2 aliphatic rings. The summed E-state index contributed by atoms with van der Waals surface area (Å²) >= 11 is 0.